The van der Waals surface area contributed by atoms with Crippen LogP contribution in [0.25, 0.3) is 0 Å². The topological polar surface area (TPSA) is 23.5 Å². The molecule has 0 amide bonds. The minimum Gasteiger partial charge on any atom is -0.393 e. The van der Waals surface area contributed by atoms with Gasteiger partial charge >= 0.3 is 0 Å². The Morgan fingerprint density at radius 1 is 1.22 bits per heavy atom. The van der Waals surface area contributed by atoms with E-state index in [9.17, 15) is 5.11 Å². The minimum absolute atomic E-state index is 0.0698. The molecule has 0 aromatic carbocycles. The molecule has 0 aliphatic carbocycles. The summed E-state index contributed by atoms with van der Waals surface area (Å²) in [5.74, 6) is 2.55. The van der Waals surface area contributed by atoms with E-state index in [-0.39, 0.29) is 11.6 Å². The first-order valence-corrected chi connectivity index (χ1v) is 8.89. The number of hydrogen-bond acceptors (Lipinski definition) is 4. The molecule has 1 N–H and O–H groups in total. The third-order valence-electron chi connectivity index (χ3n) is 4.37. The number of hydrogen-bond donors (Lipinski definition) is 1. The summed E-state index contributed by atoms with van der Waals surface area (Å²) in [6.07, 6.45) is 4.36. The van der Waals surface area contributed by atoms with Gasteiger partial charge in [-0.25, -0.2) is 0 Å². The summed E-state index contributed by atoms with van der Waals surface area (Å²) in [7, 11) is 0. The van der Waals surface area contributed by atoms with E-state index in [2.05, 4.69) is 34.2 Å². The number of aliphatic hydroxyl groups is 1. The van der Waals surface area contributed by atoms with Crippen LogP contribution in [0.2, 0.25) is 0 Å². The van der Waals surface area contributed by atoms with Crippen LogP contribution in [0.5, 0.6) is 0 Å². The maximum absolute atomic E-state index is 9.71. The Morgan fingerprint density at radius 3 is 2.56 bits per heavy atom. The molecule has 1 aromatic rings. The molecule has 0 radical (unpaired) electrons. The van der Waals surface area contributed by atoms with Crippen LogP contribution in [-0.2, 0) is 5.54 Å². The Morgan fingerprint density at radius 2 is 1.94 bits per heavy atom. The molecule has 3 rings (SSSR count). The average molecular weight is 283 g/mol. The van der Waals surface area contributed by atoms with E-state index >= 15 is 0 Å². The molecule has 4 heteroatoms. The van der Waals surface area contributed by atoms with Gasteiger partial charge in [-0.1, -0.05) is 6.07 Å². The van der Waals surface area contributed by atoms with E-state index < -0.39 is 0 Å². The molecule has 0 atom stereocenters. The Balaban J connectivity index is 1.85. The van der Waals surface area contributed by atoms with Gasteiger partial charge < -0.3 is 5.11 Å². The quantitative estimate of drug-likeness (QED) is 0.903. The van der Waals surface area contributed by atoms with Crippen molar-refractivity contribution in [3.63, 3.8) is 0 Å². The van der Waals surface area contributed by atoms with Crippen molar-refractivity contribution in [2.75, 3.05) is 24.6 Å². The fraction of sp³-hybridized carbons (Fsp3) is 0.714. The van der Waals surface area contributed by atoms with Gasteiger partial charge in [0.05, 0.1) is 11.6 Å². The van der Waals surface area contributed by atoms with E-state index in [1.54, 1.807) is 4.88 Å². The van der Waals surface area contributed by atoms with Crippen molar-refractivity contribution in [2.45, 2.75) is 37.3 Å². The summed E-state index contributed by atoms with van der Waals surface area (Å²) in [4.78, 5) is 4.20. The second-order valence-corrected chi connectivity index (χ2v) is 7.51. The number of likely N-dealkylation sites (tertiary alicyclic amines) is 1. The first-order chi connectivity index (χ1) is 8.81. The first kappa shape index (κ1) is 13.0. The molecule has 3 heterocycles. The Hall–Kier alpha value is -0.0300. The molecule has 2 fully saturated rings. The van der Waals surface area contributed by atoms with Crippen molar-refractivity contribution in [2.24, 2.45) is 0 Å². The van der Waals surface area contributed by atoms with Gasteiger partial charge in [0.2, 0.25) is 0 Å². The van der Waals surface area contributed by atoms with Gasteiger partial charge in [-0.05, 0) is 48.6 Å². The standard InChI is InChI=1S/C14H21NOS2/c16-12-3-7-15(8-4-12)14(5-10-17-11-6-14)13-2-1-9-18-13/h1-2,9,12,16H,3-8,10-11H2. The fourth-order valence-corrected chi connectivity index (χ4v) is 5.45. The van der Waals surface area contributed by atoms with Crippen molar-refractivity contribution >= 4 is 23.1 Å². The van der Waals surface area contributed by atoms with Crippen LogP contribution in [0, 0.1) is 0 Å². The van der Waals surface area contributed by atoms with Crippen molar-refractivity contribution in [3.05, 3.63) is 22.4 Å². The molecule has 1 aromatic heterocycles. The highest BCUT2D eigenvalue weighted by atomic mass is 32.2. The molecule has 0 bridgehead atoms. The zero-order valence-electron chi connectivity index (χ0n) is 10.7. The second-order valence-electron chi connectivity index (χ2n) is 5.34. The smallest absolute Gasteiger partial charge is 0.0569 e. The maximum Gasteiger partial charge on any atom is 0.0569 e. The lowest BCUT2D eigenvalue weighted by molar-refractivity contribution is 0.00892. The third kappa shape index (κ3) is 2.36. The van der Waals surface area contributed by atoms with Crippen LogP contribution in [0.4, 0.5) is 0 Å². The average Bonchev–Trinajstić information content (AvgIpc) is 2.95. The van der Waals surface area contributed by atoms with E-state index in [4.69, 9.17) is 0 Å². The summed E-state index contributed by atoms with van der Waals surface area (Å²) in [6, 6.07) is 4.49. The van der Waals surface area contributed by atoms with Gasteiger partial charge in [0.15, 0.2) is 0 Å². The number of piperidine rings is 1. The number of nitrogens with zero attached hydrogens (tertiary/aromatic N) is 1. The maximum atomic E-state index is 9.71. The summed E-state index contributed by atoms with van der Waals surface area (Å²) < 4.78 is 0. The summed E-state index contributed by atoms with van der Waals surface area (Å²) in [5.41, 5.74) is 0.277. The molecule has 0 spiro atoms. The van der Waals surface area contributed by atoms with Crippen LogP contribution in [-0.4, -0.2) is 40.7 Å². The molecule has 2 aliphatic heterocycles. The monoisotopic (exact) mass is 283 g/mol. The Bertz CT molecular complexity index is 365. The van der Waals surface area contributed by atoms with Crippen LogP contribution in [0.3, 0.4) is 0 Å². The highest BCUT2D eigenvalue weighted by molar-refractivity contribution is 7.99. The number of aliphatic hydroxyl groups excluding tert-OH is 1. The van der Waals surface area contributed by atoms with Gasteiger partial charge in [0, 0.05) is 18.0 Å². The van der Waals surface area contributed by atoms with E-state index in [0.717, 1.165) is 25.9 Å². The van der Waals surface area contributed by atoms with Crippen LogP contribution in [0.1, 0.15) is 30.6 Å². The third-order valence-corrected chi connectivity index (χ3v) is 6.42. The lowest BCUT2D eigenvalue weighted by Crippen LogP contribution is -2.52. The normalized spacial score (nSPS) is 26.3. The van der Waals surface area contributed by atoms with Crippen LogP contribution >= 0.6 is 23.1 Å². The molecule has 0 unspecified atom stereocenters. The number of thiophene rings is 1. The van der Waals surface area contributed by atoms with Crippen LogP contribution in [0.15, 0.2) is 17.5 Å². The lowest BCUT2D eigenvalue weighted by Gasteiger charge is -2.48. The summed E-state index contributed by atoms with van der Waals surface area (Å²) >= 11 is 4.00. The summed E-state index contributed by atoms with van der Waals surface area (Å²) in [6.45, 7) is 2.12. The van der Waals surface area contributed by atoms with Crippen molar-refractivity contribution in [3.8, 4) is 0 Å². The molecule has 2 nitrogen and oxygen atoms in total. The minimum atomic E-state index is -0.0698. The van der Waals surface area contributed by atoms with Gasteiger partial charge in [0.1, 0.15) is 0 Å². The summed E-state index contributed by atoms with van der Waals surface area (Å²) in [5, 5.41) is 11.9. The van der Waals surface area contributed by atoms with Crippen molar-refractivity contribution < 1.29 is 5.11 Å². The molecule has 100 valence electrons. The van der Waals surface area contributed by atoms with Gasteiger partial charge in [-0.2, -0.15) is 11.8 Å². The molecule has 2 aliphatic rings. The van der Waals surface area contributed by atoms with Gasteiger partial charge in [-0.3, -0.25) is 4.90 Å². The highest BCUT2D eigenvalue weighted by Crippen LogP contribution is 2.44. The van der Waals surface area contributed by atoms with Crippen molar-refractivity contribution in [1.29, 1.82) is 0 Å². The molecule has 18 heavy (non-hydrogen) atoms. The van der Waals surface area contributed by atoms with Crippen molar-refractivity contribution in [1.82, 2.24) is 4.90 Å². The molecule has 0 saturated carbocycles. The second kappa shape index (κ2) is 5.53. The zero-order valence-corrected chi connectivity index (χ0v) is 12.3. The van der Waals surface area contributed by atoms with E-state index in [1.165, 1.54) is 24.3 Å². The highest BCUT2D eigenvalue weighted by Gasteiger charge is 2.41. The fourth-order valence-electron chi connectivity index (χ4n) is 3.26. The predicted octanol–water partition coefficient (Wildman–Crippen LogP) is 2.93. The number of thioether (sulfide) groups is 1. The number of rotatable bonds is 2. The zero-order chi connectivity index (χ0) is 12.4. The Kier molecular flexibility index (Phi) is 3.99. The SMILES string of the molecule is OC1CCN(C2(c3cccs3)CCSCC2)CC1. The molecular weight excluding hydrogens is 262 g/mol. The van der Waals surface area contributed by atoms with Gasteiger partial charge in [0.25, 0.3) is 0 Å². The lowest BCUT2D eigenvalue weighted by atomic mass is 9.86. The Labute approximate surface area is 117 Å². The largest absolute Gasteiger partial charge is 0.393 e. The molecule has 2 saturated heterocycles. The van der Waals surface area contributed by atoms with E-state index in [0.29, 0.717) is 0 Å². The predicted molar refractivity (Wildman–Crippen MR) is 79.4 cm³/mol. The van der Waals surface area contributed by atoms with E-state index in [1.807, 2.05) is 11.3 Å². The molecular formula is C14H21NOS2. The first-order valence-electron chi connectivity index (χ1n) is 6.86. The van der Waals surface area contributed by atoms with Gasteiger partial charge in [-0.15, -0.1) is 11.3 Å². The van der Waals surface area contributed by atoms with Crippen LogP contribution < -0.4 is 0 Å².